The molecular weight excluding hydrogens is 234 g/mol. The van der Waals surface area contributed by atoms with E-state index in [1.807, 2.05) is 24.1 Å². The van der Waals surface area contributed by atoms with Gasteiger partial charge in [0.05, 0.1) is 5.75 Å². The Kier molecular flexibility index (Phi) is 4.39. The van der Waals surface area contributed by atoms with Crippen LogP contribution in [0.25, 0.3) is 0 Å². The van der Waals surface area contributed by atoms with Gasteiger partial charge in [-0.25, -0.2) is 0 Å². The highest BCUT2D eigenvalue weighted by Gasteiger charge is 2.22. The van der Waals surface area contributed by atoms with Crippen LogP contribution in [0.3, 0.4) is 0 Å². The second-order valence-electron chi connectivity index (χ2n) is 4.12. The van der Waals surface area contributed by atoms with Crippen molar-refractivity contribution in [2.45, 2.75) is 17.4 Å². The first-order chi connectivity index (χ1) is 8.27. The Bertz CT molecular complexity index is 365. The third-order valence-electron chi connectivity index (χ3n) is 2.99. The fourth-order valence-electron chi connectivity index (χ4n) is 1.85. The van der Waals surface area contributed by atoms with Crippen LogP contribution in [0.2, 0.25) is 0 Å². The van der Waals surface area contributed by atoms with E-state index in [4.69, 9.17) is 0 Å². The van der Waals surface area contributed by atoms with Gasteiger partial charge in [-0.05, 0) is 25.1 Å². The topological polar surface area (TPSA) is 45.2 Å². The zero-order chi connectivity index (χ0) is 12.1. The van der Waals surface area contributed by atoms with Gasteiger partial charge in [0, 0.05) is 36.9 Å². The largest absolute Gasteiger partial charge is 0.341 e. The maximum Gasteiger partial charge on any atom is 0.232 e. The summed E-state index contributed by atoms with van der Waals surface area (Å²) in [5.41, 5.74) is 0. The molecular formula is C12H17N3OS. The van der Waals surface area contributed by atoms with Gasteiger partial charge in [0.1, 0.15) is 0 Å². The molecule has 1 amide bonds. The van der Waals surface area contributed by atoms with E-state index in [9.17, 15) is 4.79 Å². The van der Waals surface area contributed by atoms with Crippen molar-refractivity contribution >= 4 is 17.7 Å². The second kappa shape index (κ2) is 6.02. The van der Waals surface area contributed by atoms with E-state index < -0.39 is 0 Å². The smallest absolute Gasteiger partial charge is 0.232 e. The number of hydrogen-bond acceptors (Lipinski definition) is 4. The molecule has 1 saturated heterocycles. The van der Waals surface area contributed by atoms with Crippen molar-refractivity contribution in [2.24, 2.45) is 0 Å². The molecule has 1 N–H and O–H groups in total. The van der Waals surface area contributed by atoms with E-state index in [2.05, 4.69) is 10.3 Å². The second-order valence-corrected chi connectivity index (χ2v) is 5.17. The van der Waals surface area contributed by atoms with Crippen LogP contribution in [-0.4, -0.2) is 47.7 Å². The van der Waals surface area contributed by atoms with Gasteiger partial charge < -0.3 is 10.2 Å². The molecule has 0 bridgehead atoms. The molecule has 1 atom stereocenters. The third-order valence-corrected chi connectivity index (χ3v) is 3.98. The lowest BCUT2D eigenvalue weighted by Crippen LogP contribution is -2.39. The maximum absolute atomic E-state index is 12.0. The van der Waals surface area contributed by atoms with Crippen LogP contribution < -0.4 is 5.32 Å². The Labute approximate surface area is 106 Å². The van der Waals surface area contributed by atoms with Gasteiger partial charge >= 0.3 is 0 Å². The van der Waals surface area contributed by atoms with Crippen LogP contribution in [0.5, 0.6) is 0 Å². The molecule has 17 heavy (non-hydrogen) atoms. The number of nitrogens with zero attached hydrogens (tertiary/aromatic N) is 2. The Morgan fingerprint density at radius 3 is 3.00 bits per heavy atom. The predicted molar refractivity (Wildman–Crippen MR) is 69.0 cm³/mol. The van der Waals surface area contributed by atoms with Crippen LogP contribution in [0.15, 0.2) is 29.4 Å². The predicted octanol–water partition coefficient (Wildman–Crippen LogP) is 0.994. The first-order valence-corrected chi connectivity index (χ1v) is 6.75. The summed E-state index contributed by atoms with van der Waals surface area (Å²) in [4.78, 5) is 18.9. The summed E-state index contributed by atoms with van der Waals surface area (Å²) in [5.74, 6) is 0.692. The van der Waals surface area contributed by atoms with E-state index in [1.54, 1.807) is 24.2 Å². The van der Waals surface area contributed by atoms with Gasteiger partial charge in [-0.2, -0.15) is 0 Å². The molecule has 4 nitrogen and oxygen atoms in total. The van der Waals surface area contributed by atoms with Crippen LogP contribution in [-0.2, 0) is 4.79 Å². The van der Waals surface area contributed by atoms with E-state index in [1.165, 1.54) is 0 Å². The Balaban J connectivity index is 1.80. The van der Waals surface area contributed by atoms with Crippen molar-refractivity contribution in [1.82, 2.24) is 15.2 Å². The van der Waals surface area contributed by atoms with Crippen LogP contribution in [0.4, 0.5) is 0 Å². The number of carbonyl (C=O) groups excluding carboxylic acids is 1. The summed E-state index contributed by atoms with van der Waals surface area (Å²) in [6.45, 7) is 1.93. The van der Waals surface area contributed by atoms with Crippen molar-refractivity contribution in [3.8, 4) is 0 Å². The number of aromatic nitrogens is 1. The number of pyridine rings is 1. The molecule has 1 aromatic heterocycles. The highest BCUT2D eigenvalue weighted by atomic mass is 32.2. The summed E-state index contributed by atoms with van der Waals surface area (Å²) in [6.07, 6.45) is 4.55. The van der Waals surface area contributed by atoms with E-state index in [0.29, 0.717) is 11.8 Å². The zero-order valence-corrected chi connectivity index (χ0v) is 10.7. The first-order valence-electron chi connectivity index (χ1n) is 5.76. The molecule has 1 aliphatic rings. The monoisotopic (exact) mass is 251 g/mol. The lowest BCUT2D eigenvalue weighted by molar-refractivity contribution is -0.128. The van der Waals surface area contributed by atoms with Crippen LogP contribution in [0.1, 0.15) is 6.42 Å². The number of likely N-dealkylation sites (N-methyl/N-ethyl adjacent to an activating group) is 1. The zero-order valence-electron chi connectivity index (χ0n) is 9.93. The van der Waals surface area contributed by atoms with Gasteiger partial charge in [0.2, 0.25) is 5.91 Å². The molecule has 1 fully saturated rings. The molecule has 0 aliphatic carbocycles. The lowest BCUT2D eigenvalue weighted by atomic mass is 10.2. The van der Waals surface area contributed by atoms with Crippen molar-refractivity contribution in [3.05, 3.63) is 24.5 Å². The third kappa shape index (κ3) is 3.44. The summed E-state index contributed by atoms with van der Waals surface area (Å²) in [7, 11) is 1.90. The van der Waals surface area contributed by atoms with Crippen molar-refractivity contribution in [1.29, 1.82) is 0 Å². The van der Waals surface area contributed by atoms with Crippen LogP contribution in [0, 0.1) is 0 Å². The first kappa shape index (κ1) is 12.4. The van der Waals surface area contributed by atoms with E-state index in [-0.39, 0.29) is 5.91 Å². The molecule has 0 saturated carbocycles. The fraction of sp³-hybridized carbons (Fsp3) is 0.500. The highest BCUT2D eigenvalue weighted by molar-refractivity contribution is 8.00. The van der Waals surface area contributed by atoms with Crippen LogP contribution >= 0.6 is 11.8 Å². The summed E-state index contributed by atoms with van der Waals surface area (Å²) < 4.78 is 0. The SMILES string of the molecule is CN(C(=O)CSc1ccncc1)C1CCNC1. The molecule has 0 spiro atoms. The van der Waals surface area contributed by atoms with Crippen molar-refractivity contribution in [2.75, 3.05) is 25.9 Å². The average molecular weight is 251 g/mol. The summed E-state index contributed by atoms with van der Waals surface area (Å²) >= 11 is 1.56. The minimum absolute atomic E-state index is 0.195. The summed E-state index contributed by atoms with van der Waals surface area (Å²) in [6, 6.07) is 4.21. The van der Waals surface area contributed by atoms with Crippen molar-refractivity contribution < 1.29 is 4.79 Å². The van der Waals surface area contributed by atoms with Gasteiger partial charge in [0.15, 0.2) is 0 Å². The minimum Gasteiger partial charge on any atom is -0.341 e. The molecule has 1 aromatic rings. The highest BCUT2D eigenvalue weighted by Crippen LogP contribution is 2.17. The number of amides is 1. The molecule has 1 aliphatic heterocycles. The van der Waals surface area contributed by atoms with Gasteiger partial charge in [-0.1, -0.05) is 0 Å². The standard InChI is InChI=1S/C12H17N3OS/c1-15(10-2-5-14-8-10)12(16)9-17-11-3-6-13-7-4-11/h3-4,6-7,10,14H,2,5,8-9H2,1H3. The van der Waals surface area contributed by atoms with E-state index >= 15 is 0 Å². The van der Waals surface area contributed by atoms with Gasteiger partial charge in [0.25, 0.3) is 0 Å². The Hall–Kier alpha value is -1.07. The molecule has 0 aromatic carbocycles. The molecule has 0 radical (unpaired) electrons. The quantitative estimate of drug-likeness (QED) is 0.811. The molecule has 5 heteroatoms. The number of rotatable bonds is 4. The Morgan fingerprint density at radius 1 is 1.59 bits per heavy atom. The average Bonchev–Trinajstić information content (AvgIpc) is 2.90. The number of thioether (sulfide) groups is 1. The molecule has 2 rings (SSSR count). The molecule has 2 heterocycles. The number of carbonyl (C=O) groups is 1. The van der Waals surface area contributed by atoms with Gasteiger partial charge in [-0.15, -0.1) is 11.8 Å². The van der Waals surface area contributed by atoms with Crippen molar-refractivity contribution in [3.63, 3.8) is 0 Å². The summed E-state index contributed by atoms with van der Waals surface area (Å²) in [5, 5.41) is 3.27. The van der Waals surface area contributed by atoms with Gasteiger partial charge in [-0.3, -0.25) is 9.78 Å². The number of nitrogens with one attached hydrogen (secondary N) is 1. The lowest BCUT2D eigenvalue weighted by Gasteiger charge is -2.23. The molecule has 1 unspecified atom stereocenters. The van der Waals surface area contributed by atoms with E-state index in [0.717, 1.165) is 24.4 Å². The number of hydrogen-bond donors (Lipinski definition) is 1. The normalized spacial score (nSPS) is 19.2. The molecule has 92 valence electrons. The Morgan fingerprint density at radius 2 is 2.35 bits per heavy atom. The maximum atomic E-state index is 12.0. The minimum atomic E-state index is 0.195. The fourth-order valence-corrected chi connectivity index (χ4v) is 2.66.